The summed E-state index contributed by atoms with van der Waals surface area (Å²) < 4.78 is 5.57. The third-order valence-electron chi connectivity index (χ3n) is 2.05. The van der Waals surface area contributed by atoms with Crippen LogP contribution in [0.1, 0.15) is 10.4 Å². The second-order valence-corrected chi connectivity index (χ2v) is 4.00. The Kier molecular flexibility index (Phi) is 2.66. The highest BCUT2D eigenvalue weighted by Gasteiger charge is 2.21. The van der Waals surface area contributed by atoms with Gasteiger partial charge in [-0.15, -0.1) is 0 Å². The average molecular weight is 283 g/mol. The first-order valence-electron chi connectivity index (χ1n) is 4.34. The van der Waals surface area contributed by atoms with Crippen molar-refractivity contribution >= 4 is 27.8 Å². The molecule has 0 amide bonds. The number of carbonyl (C=O) groups is 1. The number of hydrogen-bond acceptors (Lipinski definition) is 4. The second kappa shape index (κ2) is 3.97. The number of carboxylic acid groups (broad SMARTS) is 1. The fourth-order valence-electron chi connectivity index (χ4n) is 1.31. The summed E-state index contributed by atoms with van der Waals surface area (Å²) in [6, 6.07) is 7.03. The molecule has 0 aliphatic heterocycles. The van der Waals surface area contributed by atoms with Gasteiger partial charge in [-0.05, 0) is 12.1 Å². The summed E-state index contributed by atoms with van der Waals surface area (Å²) in [5, 5.41) is 12.6. The highest BCUT2D eigenvalue weighted by atomic mass is 79.9. The third-order valence-corrected chi connectivity index (χ3v) is 2.58. The predicted octanol–water partition coefficient (Wildman–Crippen LogP) is 2.38. The van der Waals surface area contributed by atoms with Crippen molar-refractivity contribution in [2.45, 2.75) is 0 Å². The number of aromatic nitrogens is 1. The van der Waals surface area contributed by atoms with Gasteiger partial charge in [0.05, 0.1) is 0 Å². The number of carboxylic acids is 1. The Morgan fingerprint density at radius 3 is 2.56 bits per heavy atom. The van der Waals surface area contributed by atoms with Gasteiger partial charge in [-0.3, -0.25) is 0 Å². The number of nitrogen functional groups attached to an aromatic ring is 1. The fourth-order valence-corrected chi connectivity index (χ4v) is 1.58. The Balaban J connectivity index is 2.56. The highest BCUT2D eigenvalue weighted by Crippen LogP contribution is 2.27. The van der Waals surface area contributed by atoms with E-state index in [0.717, 1.165) is 4.47 Å². The number of rotatable bonds is 2. The monoisotopic (exact) mass is 282 g/mol. The molecule has 82 valence electrons. The Labute approximate surface area is 99.0 Å². The summed E-state index contributed by atoms with van der Waals surface area (Å²) in [6.07, 6.45) is 0. The van der Waals surface area contributed by atoms with Crippen LogP contribution < -0.4 is 5.73 Å². The number of benzene rings is 1. The molecule has 3 N–H and O–H groups in total. The summed E-state index contributed by atoms with van der Waals surface area (Å²) in [5.74, 6) is -1.35. The molecule has 0 radical (unpaired) electrons. The van der Waals surface area contributed by atoms with Gasteiger partial charge < -0.3 is 15.4 Å². The molecule has 2 aromatic rings. The average Bonchev–Trinajstić information content (AvgIpc) is 2.61. The van der Waals surface area contributed by atoms with Gasteiger partial charge in [0.1, 0.15) is 5.69 Å². The van der Waals surface area contributed by atoms with Crippen LogP contribution in [0.3, 0.4) is 0 Å². The lowest BCUT2D eigenvalue weighted by atomic mass is 10.1. The minimum atomic E-state index is -1.16. The van der Waals surface area contributed by atoms with Gasteiger partial charge in [0, 0.05) is 10.0 Å². The normalized spacial score (nSPS) is 10.3. The van der Waals surface area contributed by atoms with Crippen molar-refractivity contribution in [1.29, 1.82) is 0 Å². The summed E-state index contributed by atoms with van der Waals surface area (Å²) in [6.45, 7) is 0. The number of nitrogens with zero attached hydrogens (tertiary/aromatic N) is 1. The predicted molar refractivity (Wildman–Crippen MR) is 61.0 cm³/mol. The number of nitrogens with two attached hydrogens (primary N) is 1. The minimum Gasteiger partial charge on any atom is -0.477 e. The SMILES string of the molecule is Nc1onc(-c2ccc(Br)cc2)c1C(=O)O. The standard InChI is InChI=1S/C10H7BrN2O3/c11-6-3-1-5(2-4-6)8-7(10(14)15)9(12)16-13-8/h1-4H,12H2,(H,14,15). The second-order valence-electron chi connectivity index (χ2n) is 3.08. The van der Waals surface area contributed by atoms with Crippen LogP contribution in [0.25, 0.3) is 11.3 Å². The number of aromatic carboxylic acids is 1. The number of hydrogen-bond donors (Lipinski definition) is 2. The van der Waals surface area contributed by atoms with Gasteiger partial charge in [-0.2, -0.15) is 0 Å². The van der Waals surface area contributed by atoms with Crippen molar-refractivity contribution < 1.29 is 14.4 Å². The largest absolute Gasteiger partial charge is 0.477 e. The summed E-state index contributed by atoms with van der Waals surface area (Å²) in [4.78, 5) is 11.0. The molecule has 0 bridgehead atoms. The van der Waals surface area contributed by atoms with Crippen LogP contribution >= 0.6 is 15.9 Å². The van der Waals surface area contributed by atoms with Gasteiger partial charge in [-0.25, -0.2) is 4.79 Å². The molecular formula is C10H7BrN2O3. The zero-order chi connectivity index (χ0) is 11.7. The van der Waals surface area contributed by atoms with Crippen molar-refractivity contribution in [3.05, 3.63) is 34.3 Å². The number of halogens is 1. The van der Waals surface area contributed by atoms with Crippen LogP contribution in [-0.2, 0) is 0 Å². The number of anilines is 1. The summed E-state index contributed by atoms with van der Waals surface area (Å²) >= 11 is 3.29. The Bertz CT molecular complexity index is 533. The van der Waals surface area contributed by atoms with Crippen LogP contribution in [0.15, 0.2) is 33.3 Å². The van der Waals surface area contributed by atoms with E-state index in [1.807, 2.05) is 0 Å². The van der Waals surface area contributed by atoms with E-state index in [-0.39, 0.29) is 17.1 Å². The van der Waals surface area contributed by atoms with Crippen molar-refractivity contribution in [1.82, 2.24) is 5.16 Å². The third kappa shape index (κ3) is 1.79. The first-order chi connectivity index (χ1) is 7.59. The van der Waals surface area contributed by atoms with Crippen LogP contribution in [0.2, 0.25) is 0 Å². The maximum atomic E-state index is 11.0. The fraction of sp³-hybridized carbons (Fsp3) is 0. The molecule has 0 aliphatic carbocycles. The quantitative estimate of drug-likeness (QED) is 0.883. The van der Waals surface area contributed by atoms with Gasteiger partial charge in [0.25, 0.3) is 0 Å². The van der Waals surface area contributed by atoms with Gasteiger partial charge in [-0.1, -0.05) is 33.2 Å². The van der Waals surface area contributed by atoms with Crippen LogP contribution in [0, 0.1) is 0 Å². The molecule has 2 rings (SSSR count). The molecule has 1 aromatic carbocycles. The van der Waals surface area contributed by atoms with Gasteiger partial charge in [0.2, 0.25) is 5.88 Å². The van der Waals surface area contributed by atoms with Gasteiger partial charge in [0.15, 0.2) is 5.56 Å². The molecule has 6 heteroatoms. The van der Waals surface area contributed by atoms with E-state index in [1.165, 1.54) is 0 Å². The van der Waals surface area contributed by atoms with Crippen molar-refractivity contribution in [3.8, 4) is 11.3 Å². The molecule has 0 atom stereocenters. The maximum absolute atomic E-state index is 11.0. The van der Waals surface area contributed by atoms with E-state index in [4.69, 9.17) is 10.8 Å². The van der Waals surface area contributed by atoms with Gasteiger partial charge >= 0.3 is 5.97 Å². The van der Waals surface area contributed by atoms with Crippen LogP contribution in [0.4, 0.5) is 5.88 Å². The smallest absolute Gasteiger partial charge is 0.343 e. The zero-order valence-corrected chi connectivity index (χ0v) is 9.56. The molecule has 0 fully saturated rings. The molecule has 0 saturated carbocycles. The Morgan fingerprint density at radius 2 is 2.00 bits per heavy atom. The topological polar surface area (TPSA) is 89.4 Å². The molecular weight excluding hydrogens is 276 g/mol. The van der Waals surface area contributed by atoms with E-state index < -0.39 is 5.97 Å². The molecule has 1 heterocycles. The molecule has 0 saturated heterocycles. The van der Waals surface area contributed by atoms with E-state index in [9.17, 15) is 4.79 Å². The van der Waals surface area contributed by atoms with Crippen molar-refractivity contribution in [3.63, 3.8) is 0 Å². The van der Waals surface area contributed by atoms with Crippen LogP contribution in [-0.4, -0.2) is 16.2 Å². The highest BCUT2D eigenvalue weighted by molar-refractivity contribution is 9.10. The molecule has 0 spiro atoms. The zero-order valence-electron chi connectivity index (χ0n) is 7.98. The van der Waals surface area contributed by atoms with Crippen LogP contribution in [0.5, 0.6) is 0 Å². The van der Waals surface area contributed by atoms with E-state index >= 15 is 0 Å². The van der Waals surface area contributed by atoms with Crippen molar-refractivity contribution in [2.24, 2.45) is 0 Å². The molecule has 0 aliphatic rings. The van der Waals surface area contributed by atoms with E-state index in [0.29, 0.717) is 5.56 Å². The molecule has 16 heavy (non-hydrogen) atoms. The molecule has 0 unspecified atom stereocenters. The van der Waals surface area contributed by atoms with Crippen molar-refractivity contribution in [2.75, 3.05) is 5.73 Å². The maximum Gasteiger partial charge on any atom is 0.343 e. The summed E-state index contributed by atoms with van der Waals surface area (Å²) in [5.41, 5.74) is 6.15. The summed E-state index contributed by atoms with van der Waals surface area (Å²) in [7, 11) is 0. The lowest BCUT2D eigenvalue weighted by Gasteiger charge is -1.97. The minimum absolute atomic E-state index is 0.109. The Hall–Kier alpha value is -1.82. The van der Waals surface area contributed by atoms with E-state index in [2.05, 4.69) is 25.6 Å². The molecule has 5 nitrogen and oxygen atoms in total. The lowest BCUT2D eigenvalue weighted by Crippen LogP contribution is -2.00. The van der Waals surface area contributed by atoms with E-state index in [1.54, 1.807) is 24.3 Å². The lowest BCUT2D eigenvalue weighted by molar-refractivity contribution is 0.0698. The first kappa shape index (κ1) is 10.7. The molecule has 1 aromatic heterocycles. The first-order valence-corrected chi connectivity index (χ1v) is 5.13. The Morgan fingerprint density at radius 1 is 1.38 bits per heavy atom.